The van der Waals surface area contributed by atoms with Crippen molar-refractivity contribution >= 4 is 6.09 Å². The molecule has 1 amide bonds. The Kier molecular flexibility index (Phi) is 5.36. The maximum absolute atomic E-state index is 11.3. The van der Waals surface area contributed by atoms with Crippen LogP contribution < -0.4 is 10.1 Å². The number of hydrogen-bond acceptors (Lipinski definition) is 3. The second kappa shape index (κ2) is 6.85. The molecule has 16 heavy (non-hydrogen) atoms. The molecule has 0 saturated carbocycles. The molecule has 0 aliphatic heterocycles. The van der Waals surface area contributed by atoms with Crippen LogP contribution in [0.5, 0.6) is 5.75 Å². The Labute approximate surface area is 95.2 Å². The molecule has 0 radical (unpaired) electrons. The van der Waals surface area contributed by atoms with E-state index >= 15 is 0 Å². The highest BCUT2D eigenvalue weighted by molar-refractivity contribution is 5.70. The first-order valence-electron chi connectivity index (χ1n) is 5.41. The van der Waals surface area contributed by atoms with Gasteiger partial charge in [0.05, 0.1) is 6.10 Å². The molecule has 0 aliphatic rings. The van der Waals surface area contributed by atoms with E-state index < -0.39 is 12.2 Å². The number of benzene rings is 1. The zero-order chi connectivity index (χ0) is 11.8. The summed E-state index contributed by atoms with van der Waals surface area (Å²) in [4.78, 5) is 11.3. The molecule has 0 bridgehead atoms. The summed E-state index contributed by atoms with van der Waals surface area (Å²) in [7, 11) is 0. The van der Waals surface area contributed by atoms with Gasteiger partial charge < -0.3 is 15.2 Å². The molecular formula is C12H17NO3. The van der Waals surface area contributed by atoms with Gasteiger partial charge in [-0.05, 0) is 18.6 Å². The summed E-state index contributed by atoms with van der Waals surface area (Å²) < 4.78 is 4.98. The van der Waals surface area contributed by atoms with Gasteiger partial charge in [-0.25, -0.2) is 4.79 Å². The van der Waals surface area contributed by atoms with Gasteiger partial charge in [0, 0.05) is 6.54 Å². The van der Waals surface area contributed by atoms with Crippen molar-refractivity contribution < 1.29 is 14.6 Å². The van der Waals surface area contributed by atoms with Gasteiger partial charge in [-0.2, -0.15) is 0 Å². The van der Waals surface area contributed by atoms with Crippen LogP contribution in [0.4, 0.5) is 4.79 Å². The molecule has 1 aromatic rings. The highest BCUT2D eigenvalue weighted by Crippen LogP contribution is 2.08. The molecule has 2 N–H and O–H groups in total. The van der Waals surface area contributed by atoms with Crippen molar-refractivity contribution in [2.45, 2.75) is 25.9 Å². The molecule has 0 spiro atoms. The smallest absolute Gasteiger partial charge is 0.410 e. The SMILES string of the molecule is CCCC(O)CNC(=O)Oc1ccccc1. The fraction of sp³-hybridized carbons (Fsp3) is 0.417. The molecule has 1 rings (SSSR count). The van der Waals surface area contributed by atoms with Gasteiger partial charge >= 0.3 is 6.09 Å². The molecule has 1 atom stereocenters. The predicted molar refractivity (Wildman–Crippen MR) is 61.4 cm³/mol. The highest BCUT2D eigenvalue weighted by atomic mass is 16.6. The number of ether oxygens (including phenoxy) is 1. The molecule has 0 aromatic heterocycles. The van der Waals surface area contributed by atoms with Crippen molar-refractivity contribution in [3.05, 3.63) is 30.3 Å². The first-order chi connectivity index (χ1) is 7.72. The third-order valence-electron chi connectivity index (χ3n) is 2.06. The van der Waals surface area contributed by atoms with E-state index in [0.717, 1.165) is 6.42 Å². The van der Waals surface area contributed by atoms with Crippen LogP contribution in [0, 0.1) is 0 Å². The Bertz CT molecular complexity index is 313. The number of hydrogen-bond donors (Lipinski definition) is 2. The lowest BCUT2D eigenvalue weighted by Gasteiger charge is -2.10. The molecule has 0 heterocycles. The molecule has 88 valence electrons. The van der Waals surface area contributed by atoms with Crippen LogP contribution in [-0.2, 0) is 0 Å². The molecule has 0 fully saturated rings. The highest BCUT2D eigenvalue weighted by Gasteiger charge is 2.07. The van der Waals surface area contributed by atoms with Crippen LogP contribution in [0.1, 0.15) is 19.8 Å². The molecule has 4 nitrogen and oxygen atoms in total. The number of nitrogens with one attached hydrogen (secondary N) is 1. The van der Waals surface area contributed by atoms with E-state index in [1.165, 1.54) is 0 Å². The number of amides is 1. The van der Waals surface area contributed by atoms with Crippen LogP contribution in [-0.4, -0.2) is 23.8 Å². The van der Waals surface area contributed by atoms with Gasteiger partial charge in [-0.3, -0.25) is 0 Å². The van der Waals surface area contributed by atoms with Gasteiger partial charge in [0.1, 0.15) is 5.75 Å². The number of para-hydroxylation sites is 1. The molecule has 4 heteroatoms. The van der Waals surface area contributed by atoms with Crippen LogP contribution in [0.25, 0.3) is 0 Å². The van der Waals surface area contributed by atoms with Crippen LogP contribution in [0.3, 0.4) is 0 Å². The van der Waals surface area contributed by atoms with Crippen molar-refractivity contribution in [1.82, 2.24) is 5.32 Å². The van der Waals surface area contributed by atoms with Crippen LogP contribution >= 0.6 is 0 Å². The summed E-state index contributed by atoms with van der Waals surface area (Å²) in [6.45, 7) is 2.20. The third-order valence-corrected chi connectivity index (χ3v) is 2.06. The Morgan fingerprint density at radius 2 is 2.12 bits per heavy atom. The van der Waals surface area contributed by atoms with E-state index in [-0.39, 0.29) is 6.54 Å². The Hall–Kier alpha value is -1.55. The number of carbonyl (C=O) groups excluding carboxylic acids is 1. The molecule has 1 unspecified atom stereocenters. The van der Waals surface area contributed by atoms with Gasteiger partial charge in [-0.15, -0.1) is 0 Å². The summed E-state index contributed by atoms with van der Waals surface area (Å²) >= 11 is 0. The van der Waals surface area contributed by atoms with Crippen molar-refractivity contribution in [3.63, 3.8) is 0 Å². The first-order valence-corrected chi connectivity index (χ1v) is 5.41. The van der Waals surface area contributed by atoms with Gasteiger partial charge in [0.25, 0.3) is 0 Å². The topological polar surface area (TPSA) is 58.6 Å². The van der Waals surface area contributed by atoms with Crippen LogP contribution in [0.2, 0.25) is 0 Å². The average molecular weight is 223 g/mol. The quantitative estimate of drug-likeness (QED) is 0.802. The second-order valence-corrected chi connectivity index (χ2v) is 3.53. The molecular weight excluding hydrogens is 206 g/mol. The fourth-order valence-electron chi connectivity index (χ4n) is 1.27. The van der Waals surface area contributed by atoms with Gasteiger partial charge in [0.15, 0.2) is 0 Å². The Morgan fingerprint density at radius 3 is 2.75 bits per heavy atom. The largest absolute Gasteiger partial charge is 0.412 e. The number of aliphatic hydroxyl groups excluding tert-OH is 1. The summed E-state index contributed by atoms with van der Waals surface area (Å²) in [5.74, 6) is 0.491. The minimum atomic E-state index is -0.540. The van der Waals surface area contributed by atoms with Crippen molar-refractivity contribution in [2.75, 3.05) is 6.54 Å². The molecule has 0 saturated heterocycles. The van der Waals surface area contributed by atoms with E-state index in [2.05, 4.69) is 5.32 Å². The molecule has 1 aromatic carbocycles. The van der Waals surface area contributed by atoms with E-state index in [9.17, 15) is 9.90 Å². The van der Waals surface area contributed by atoms with Crippen molar-refractivity contribution in [3.8, 4) is 5.75 Å². The number of rotatable bonds is 5. The maximum Gasteiger partial charge on any atom is 0.412 e. The fourth-order valence-corrected chi connectivity index (χ4v) is 1.27. The van der Waals surface area contributed by atoms with Gasteiger partial charge in [0.2, 0.25) is 0 Å². The normalized spacial score (nSPS) is 11.9. The lowest BCUT2D eigenvalue weighted by molar-refractivity contribution is 0.152. The minimum absolute atomic E-state index is 0.222. The maximum atomic E-state index is 11.3. The summed E-state index contributed by atoms with van der Waals surface area (Å²) in [6.07, 6.45) is 0.511. The summed E-state index contributed by atoms with van der Waals surface area (Å²) in [5.41, 5.74) is 0. The second-order valence-electron chi connectivity index (χ2n) is 3.53. The zero-order valence-electron chi connectivity index (χ0n) is 9.35. The summed E-state index contributed by atoms with van der Waals surface area (Å²) in [6, 6.07) is 8.81. The van der Waals surface area contributed by atoms with E-state index in [4.69, 9.17) is 4.74 Å². The van der Waals surface area contributed by atoms with Gasteiger partial charge in [-0.1, -0.05) is 31.5 Å². The zero-order valence-corrected chi connectivity index (χ0v) is 9.35. The standard InChI is InChI=1S/C12H17NO3/c1-2-6-10(14)9-13-12(15)16-11-7-4-3-5-8-11/h3-5,7-8,10,14H,2,6,9H2,1H3,(H,13,15). The minimum Gasteiger partial charge on any atom is -0.410 e. The predicted octanol–water partition coefficient (Wildman–Crippen LogP) is 1.94. The van der Waals surface area contributed by atoms with E-state index in [1.54, 1.807) is 24.3 Å². The number of carbonyl (C=O) groups is 1. The first kappa shape index (κ1) is 12.5. The van der Waals surface area contributed by atoms with E-state index in [0.29, 0.717) is 12.2 Å². The Balaban J connectivity index is 2.26. The monoisotopic (exact) mass is 223 g/mol. The number of aliphatic hydroxyl groups is 1. The van der Waals surface area contributed by atoms with Crippen molar-refractivity contribution in [2.24, 2.45) is 0 Å². The Morgan fingerprint density at radius 1 is 1.44 bits per heavy atom. The lowest BCUT2D eigenvalue weighted by atomic mass is 10.2. The van der Waals surface area contributed by atoms with Crippen molar-refractivity contribution in [1.29, 1.82) is 0 Å². The third kappa shape index (κ3) is 4.79. The van der Waals surface area contributed by atoms with E-state index in [1.807, 2.05) is 13.0 Å². The lowest BCUT2D eigenvalue weighted by Crippen LogP contribution is -2.34. The summed E-state index contributed by atoms with van der Waals surface area (Å²) in [5, 5.41) is 11.9. The van der Waals surface area contributed by atoms with Crippen LogP contribution in [0.15, 0.2) is 30.3 Å². The average Bonchev–Trinajstić information content (AvgIpc) is 2.28. The molecule has 0 aliphatic carbocycles.